The first-order chi connectivity index (χ1) is 13.9. The van der Waals surface area contributed by atoms with Crippen molar-refractivity contribution in [2.24, 2.45) is 0 Å². The lowest BCUT2D eigenvalue weighted by atomic mass is 10.1. The number of carbonyl (C=O) groups excluding carboxylic acids is 1. The SMILES string of the molecule is COc1cc(C(=O)N(C)C(C)c2ccncc2)ccc1OCc1c(C)noc1C. The molecule has 2 heterocycles. The predicted octanol–water partition coefficient (Wildman–Crippen LogP) is 4.11. The highest BCUT2D eigenvalue weighted by Crippen LogP contribution is 2.31. The lowest BCUT2D eigenvalue weighted by Crippen LogP contribution is -2.29. The van der Waals surface area contributed by atoms with Gasteiger partial charge in [0, 0.05) is 25.0 Å². The normalized spacial score (nSPS) is 11.8. The maximum atomic E-state index is 13.0. The Morgan fingerprint density at radius 3 is 2.52 bits per heavy atom. The molecule has 1 unspecified atom stereocenters. The highest BCUT2D eigenvalue weighted by Gasteiger charge is 2.21. The Bertz CT molecular complexity index is 965. The van der Waals surface area contributed by atoms with Crippen molar-refractivity contribution in [1.29, 1.82) is 0 Å². The second kappa shape index (κ2) is 8.77. The number of nitrogens with zero attached hydrogens (tertiary/aromatic N) is 3. The van der Waals surface area contributed by atoms with Crippen LogP contribution in [0.3, 0.4) is 0 Å². The smallest absolute Gasteiger partial charge is 0.254 e. The summed E-state index contributed by atoms with van der Waals surface area (Å²) in [7, 11) is 3.33. The molecule has 0 spiro atoms. The molecule has 7 nitrogen and oxygen atoms in total. The van der Waals surface area contributed by atoms with Gasteiger partial charge in [0.1, 0.15) is 12.4 Å². The van der Waals surface area contributed by atoms with Gasteiger partial charge in [0.2, 0.25) is 0 Å². The molecular weight excluding hydrogens is 370 g/mol. The fraction of sp³-hybridized carbons (Fsp3) is 0.318. The molecule has 3 rings (SSSR count). The van der Waals surface area contributed by atoms with Crippen LogP contribution >= 0.6 is 0 Å². The molecule has 3 aromatic rings. The van der Waals surface area contributed by atoms with Crippen LogP contribution < -0.4 is 9.47 Å². The standard InChI is InChI=1S/C22H25N3O4/c1-14-19(16(3)29-24-14)13-28-20-7-6-18(12-21(20)27-5)22(26)25(4)15(2)17-8-10-23-11-9-17/h6-12,15H,13H2,1-5H3. The van der Waals surface area contributed by atoms with Crippen molar-refractivity contribution in [2.75, 3.05) is 14.2 Å². The van der Waals surface area contributed by atoms with Crippen LogP contribution in [0.2, 0.25) is 0 Å². The molecule has 0 fully saturated rings. The number of carbonyl (C=O) groups is 1. The van der Waals surface area contributed by atoms with Gasteiger partial charge in [0.25, 0.3) is 5.91 Å². The number of methoxy groups -OCH3 is 1. The van der Waals surface area contributed by atoms with E-state index < -0.39 is 0 Å². The Hall–Kier alpha value is -3.35. The summed E-state index contributed by atoms with van der Waals surface area (Å²) in [6.45, 7) is 6.00. The second-order valence-corrected chi connectivity index (χ2v) is 6.83. The third kappa shape index (κ3) is 4.39. The van der Waals surface area contributed by atoms with Crippen LogP contribution in [-0.4, -0.2) is 35.1 Å². The molecule has 0 aliphatic rings. The van der Waals surface area contributed by atoms with Crippen LogP contribution in [0.4, 0.5) is 0 Å². The second-order valence-electron chi connectivity index (χ2n) is 6.83. The summed E-state index contributed by atoms with van der Waals surface area (Å²) in [6.07, 6.45) is 3.44. The van der Waals surface area contributed by atoms with Gasteiger partial charge >= 0.3 is 0 Å². The molecule has 1 atom stereocenters. The molecule has 7 heteroatoms. The minimum atomic E-state index is -0.107. The zero-order valence-electron chi connectivity index (χ0n) is 17.3. The third-order valence-electron chi connectivity index (χ3n) is 5.05. The molecule has 1 aromatic carbocycles. The monoisotopic (exact) mass is 395 g/mol. The molecular formula is C22H25N3O4. The van der Waals surface area contributed by atoms with Crippen molar-refractivity contribution in [3.8, 4) is 11.5 Å². The number of hydrogen-bond acceptors (Lipinski definition) is 6. The van der Waals surface area contributed by atoms with E-state index in [1.54, 1.807) is 49.7 Å². The van der Waals surface area contributed by atoms with E-state index in [2.05, 4.69) is 10.1 Å². The fourth-order valence-corrected chi connectivity index (χ4v) is 3.02. The number of hydrogen-bond donors (Lipinski definition) is 0. The van der Waals surface area contributed by atoms with Gasteiger partial charge < -0.3 is 18.9 Å². The van der Waals surface area contributed by atoms with E-state index in [0.717, 1.165) is 22.6 Å². The van der Waals surface area contributed by atoms with Crippen LogP contribution in [0.15, 0.2) is 47.2 Å². The van der Waals surface area contributed by atoms with Crippen molar-refractivity contribution in [3.63, 3.8) is 0 Å². The predicted molar refractivity (Wildman–Crippen MR) is 108 cm³/mol. The minimum Gasteiger partial charge on any atom is -0.493 e. The largest absolute Gasteiger partial charge is 0.493 e. The minimum absolute atomic E-state index is 0.0908. The average Bonchev–Trinajstić information content (AvgIpc) is 3.08. The summed E-state index contributed by atoms with van der Waals surface area (Å²) in [5, 5.41) is 3.93. The number of benzene rings is 1. The van der Waals surface area contributed by atoms with E-state index in [1.807, 2.05) is 32.9 Å². The Labute approximate surface area is 170 Å². The number of aryl methyl sites for hydroxylation is 2. The van der Waals surface area contributed by atoms with Gasteiger partial charge in [-0.2, -0.15) is 0 Å². The summed E-state index contributed by atoms with van der Waals surface area (Å²) in [4.78, 5) is 18.7. The number of amides is 1. The van der Waals surface area contributed by atoms with Crippen molar-refractivity contribution >= 4 is 5.91 Å². The van der Waals surface area contributed by atoms with E-state index >= 15 is 0 Å². The highest BCUT2D eigenvalue weighted by atomic mass is 16.5. The van der Waals surface area contributed by atoms with Crippen molar-refractivity contribution in [2.45, 2.75) is 33.4 Å². The molecule has 0 radical (unpaired) electrons. The molecule has 29 heavy (non-hydrogen) atoms. The van der Waals surface area contributed by atoms with Crippen LogP contribution in [-0.2, 0) is 6.61 Å². The van der Waals surface area contributed by atoms with Crippen LogP contribution in [0, 0.1) is 13.8 Å². The van der Waals surface area contributed by atoms with E-state index in [4.69, 9.17) is 14.0 Å². The summed E-state index contributed by atoms with van der Waals surface area (Å²) in [6, 6.07) is 8.90. The van der Waals surface area contributed by atoms with Gasteiger partial charge in [-0.3, -0.25) is 9.78 Å². The summed E-state index contributed by atoms with van der Waals surface area (Å²) >= 11 is 0. The average molecular weight is 395 g/mol. The van der Waals surface area contributed by atoms with Gasteiger partial charge in [-0.25, -0.2) is 0 Å². The third-order valence-corrected chi connectivity index (χ3v) is 5.05. The van der Waals surface area contributed by atoms with E-state index in [9.17, 15) is 4.79 Å². The van der Waals surface area contributed by atoms with Crippen molar-refractivity contribution in [1.82, 2.24) is 15.0 Å². The molecule has 1 amide bonds. The molecule has 0 aliphatic carbocycles. The lowest BCUT2D eigenvalue weighted by molar-refractivity contribution is 0.0742. The van der Waals surface area contributed by atoms with E-state index in [0.29, 0.717) is 23.7 Å². The van der Waals surface area contributed by atoms with Gasteiger partial charge in [0.15, 0.2) is 11.5 Å². The van der Waals surface area contributed by atoms with Gasteiger partial charge in [-0.05, 0) is 56.7 Å². The molecule has 0 N–H and O–H groups in total. The van der Waals surface area contributed by atoms with Crippen molar-refractivity contribution < 1.29 is 18.8 Å². The molecule has 2 aromatic heterocycles. The first-order valence-electron chi connectivity index (χ1n) is 9.32. The zero-order valence-corrected chi connectivity index (χ0v) is 17.3. The Kier molecular flexibility index (Phi) is 6.16. The summed E-state index contributed by atoms with van der Waals surface area (Å²) in [5.41, 5.74) is 3.23. The first kappa shape index (κ1) is 20.4. The maximum Gasteiger partial charge on any atom is 0.254 e. The zero-order chi connectivity index (χ0) is 21.0. The number of ether oxygens (including phenoxy) is 2. The van der Waals surface area contributed by atoms with Crippen LogP contribution in [0.25, 0.3) is 0 Å². The van der Waals surface area contributed by atoms with E-state index in [1.165, 1.54) is 0 Å². The van der Waals surface area contributed by atoms with Gasteiger partial charge in [-0.1, -0.05) is 5.16 Å². The first-order valence-corrected chi connectivity index (χ1v) is 9.32. The molecule has 0 bridgehead atoms. The van der Waals surface area contributed by atoms with Crippen molar-refractivity contribution in [3.05, 3.63) is 70.9 Å². The number of aromatic nitrogens is 2. The molecule has 0 saturated heterocycles. The number of rotatable bonds is 7. The summed E-state index contributed by atoms with van der Waals surface area (Å²) in [5.74, 6) is 1.66. The lowest BCUT2D eigenvalue weighted by Gasteiger charge is -2.25. The highest BCUT2D eigenvalue weighted by molar-refractivity contribution is 5.95. The Morgan fingerprint density at radius 2 is 1.90 bits per heavy atom. The molecule has 0 saturated carbocycles. The van der Waals surface area contributed by atoms with Crippen LogP contribution in [0.1, 0.15) is 45.9 Å². The molecule has 0 aliphatic heterocycles. The topological polar surface area (TPSA) is 77.7 Å². The van der Waals surface area contributed by atoms with Gasteiger partial charge in [-0.15, -0.1) is 0 Å². The fourth-order valence-electron chi connectivity index (χ4n) is 3.02. The quantitative estimate of drug-likeness (QED) is 0.599. The van der Waals surface area contributed by atoms with Crippen LogP contribution in [0.5, 0.6) is 11.5 Å². The van der Waals surface area contributed by atoms with Gasteiger partial charge in [0.05, 0.1) is 24.4 Å². The van der Waals surface area contributed by atoms with E-state index in [-0.39, 0.29) is 11.9 Å². The molecule has 152 valence electrons. The Balaban J connectivity index is 1.76. The maximum absolute atomic E-state index is 13.0. The Morgan fingerprint density at radius 1 is 1.17 bits per heavy atom. The number of pyridine rings is 1. The summed E-state index contributed by atoms with van der Waals surface area (Å²) < 4.78 is 16.5.